The van der Waals surface area contributed by atoms with Crippen LogP contribution in [0.1, 0.15) is 62.7 Å². The molecule has 0 saturated heterocycles. The molecule has 0 N–H and O–H groups in total. The molecule has 1 heterocycles. The molecule has 0 aliphatic carbocycles. The third-order valence-electron chi connectivity index (χ3n) is 5.11. The van der Waals surface area contributed by atoms with E-state index in [2.05, 4.69) is 36.7 Å². The van der Waals surface area contributed by atoms with Crippen LogP contribution >= 0.6 is 0 Å². The number of halogens is 3. The number of hydrogen-bond donors (Lipinski definition) is 0. The lowest BCUT2D eigenvalue weighted by atomic mass is 9.86. The van der Waals surface area contributed by atoms with Crippen LogP contribution in [0.25, 0.3) is 11.3 Å². The van der Waals surface area contributed by atoms with Gasteiger partial charge in [0.2, 0.25) is 6.29 Å². The van der Waals surface area contributed by atoms with Gasteiger partial charge in [-0.15, -0.1) is 0 Å². The van der Waals surface area contributed by atoms with E-state index in [9.17, 15) is 23.2 Å². The van der Waals surface area contributed by atoms with E-state index in [0.29, 0.717) is 29.1 Å². The highest BCUT2D eigenvalue weighted by Crippen LogP contribution is 2.33. The first-order valence-electron chi connectivity index (χ1n) is 10.4. The Morgan fingerprint density at radius 1 is 1.15 bits per heavy atom. The third-order valence-corrected chi connectivity index (χ3v) is 5.11. The van der Waals surface area contributed by atoms with Gasteiger partial charge in [0.1, 0.15) is 17.3 Å². The van der Waals surface area contributed by atoms with Crippen LogP contribution in [-0.4, -0.2) is 28.2 Å². The number of alkyl halides is 3. The van der Waals surface area contributed by atoms with Crippen LogP contribution in [0, 0.1) is 25.2 Å². The predicted octanol–water partition coefficient (Wildman–Crippen LogP) is 5.68. The second-order valence-corrected chi connectivity index (χ2v) is 8.61. The molecule has 1 aromatic carbocycles. The highest BCUT2D eigenvalue weighted by molar-refractivity contribution is 5.94. The smallest absolute Gasteiger partial charge is 0.451 e. The number of nitrogens with zero attached hydrogens (tertiary/aromatic N) is 3. The average molecular weight is 464 g/mol. The van der Waals surface area contributed by atoms with Gasteiger partial charge >= 0.3 is 12.1 Å². The van der Waals surface area contributed by atoms with Gasteiger partial charge in [-0.2, -0.15) is 23.5 Å². The summed E-state index contributed by atoms with van der Waals surface area (Å²) >= 11 is 0. The van der Waals surface area contributed by atoms with Gasteiger partial charge in [-0.3, -0.25) is 4.68 Å². The van der Waals surface area contributed by atoms with Gasteiger partial charge in [0.25, 0.3) is 0 Å². The minimum Gasteiger partial charge on any atom is -0.451 e. The fraction of sp³-hybridized carbons (Fsp3) is 0.458. The maximum Gasteiger partial charge on any atom is 0.491 e. The highest BCUT2D eigenvalue weighted by Gasteiger charge is 2.42. The molecule has 6 nitrogen and oxygen atoms in total. The van der Waals surface area contributed by atoms with Crippen LogP contribution in [0.15, 0.2) is 24.3 Å². The number of esters is 1. The normalized spacial score (nSPS) is 13.7. The van der Waals surface area contributed by atoms with Gasteiger partial charge in [0.15, 0.2) is 5.76 Å². The van der Waals surface area contributed by atoms with Crippen LogP contribution in [0.4, 0.5) is 13.2 Å². The molecule has 1 unspecified atom stereocenters. The number of hydrogen-bond acceptors (Lipinski definition) is 5. The molecule has 33 heavy (non-hydrogen) atoms. The van der Waals surface area contributed by atoms with Gasteiger partial charge in [-0.1, -0.05) is 45.0 Å². The highest BCUT2D eigenvalue weighted by atomic mass is 19.4. The maximum absolute atomic E-state index is 12.7. The van der Waals surface area contributed by atoms with Crippen molar-refractivity contribution in [3.63, 3.8) is 0 Å². The van der Waals surface area contributed by atoms with E-state index in [-0.39, 0.29) is 16.7 Å². The zero-order valence-corrected chi connectivity index (χ0v) is 19.8. The van der Waals surface area contributed by atoms with E-state index in [4.69, 9.17) is 4.74 Å². The Morgan fingerprint density at radius 2 is 1.73 bits per heavy atom. The van der Waals surface area contributed by atoms with Crippen LogP contribution in [-0.2, 0) is 26.2 Å². The first-order valence-corrected chi connectivity index (χ1v) is 10.4. The lowest BCUT2D eigenvalue weighted by Gasteiger charge is -2.21. The van der Waals surface area contributed by atoms with Crippen LogP contribution in [0.3, 0.4) is 0 Å². The third kappa shape index (κ3) is 5.95. The van der Waals surface area contributed by atoms with Crippen LogP contribution in [0.5, 0.6) is 0 Å². The predicted molar refractivity (Wildman–Crippen MR) is 118 cm³/mol. The van der Waals surface area contributed by atoms with Crippen LogP contribution < -0.4 is 0 Å². The van der Waals surface area contributed by atoms with Gasteiger partial charge in [0, 0.05) is 19.0 Å². The molecule has 0 radical (unpaired) electrons. The Bertz CT molecular complexity index is 1090. The molecule has 9 heteroatoms. The minimum atomic E-state index is -5.17. The number of nitriles is 1. The summed E-state index contributed by atoms with van der Waals surface area (Å²) in [6.07, 6.45) is -6.77. The Labute approximate surface area is 191 Å². The summed E-state index contributed by atoms with van der Waals surface area (Å²) in [5.74, 6) is -2.39. The summed E-state index contributed by atoms with van der Waals surface area (Å²) < 4.78 is 49.7. The van der Waals surface area contributed by atoms with Gasteiger partial charge < -0.3 is 9.47 Å². The molecule has 0 fully saturated rings. The van der Waals surface area contributed by atoms with Crippen molar-refractivity contribution < 1.29 is 27.4 Å². The Morgan fingerprint density at radius 3 is 2.18 bits per heavy atom. The molecule has 0 saturated carbocycles. The molecule has 0 aliphatic rings. The number of ether oxygens (including phenoxy) is 2. The van der Waals surface area contributed by atoms with E-state index in [1.807, 2.05) is 19.1 Å². The summed E-state index contributed by atoms with van der Waals surface area (Å²) in [5.41, 5.74) is 3.33. The van der Waals surface area contributed by atoms with Crippen molar-refractivity contribution in [2.24, 2.45) is 0 Å². The molecule has 0 amide bonds. The molecule has 178 valence electrons. The van der Waals surface area contributed by atoms with E-state index < -0.39 is 18.4 Å². The van der Waals surface area contributed by atoms with Crippen molar-refractivity contribution in [2.45, 2.75) is 72.9 Å². The number of carbonyl (C=O) groups is 1. The van der Waals surface area contributed by atoms with Gasteiger partial charge in [0.05, 0.1) is 5.69 Å². The van der Waals surface area contributed by atoms with Gasteiger partial charge in [-0.05, 0) is 37.3 Å². The summed E-state index contributed by atoms with van der Waals surface area (Å²) in [4.78, 5) is 11.3. The summed E-state index contributed by atoms with van der Waals surface area (Å²) in [5, 5.41) is 14.4. The summed E-state index contributed by atoms with van der Waals surface area (Å²) in [6, 6.07) is 9.37. The van der Waals surface area contributed by atoms with E-state index in [1.165, 1.54) is 0 Å². The Hall–Kier alpha value is -3.28. The maximum atomic E-state index is 12.7. The number of benzene rings is 1. The molecule has 0 spiro atoms. The van der Waals surface area contributed by atoms with E-state index in [1.54, 1.807) is 30.7 Å². The first-order chi connectivity index (χ1) is 15.2. The zero-order chi connectivity index (χ0) is 25.1. The fourth-order valence-corrected chi connectivity index (χ4v) is 3.21. The lowest BCUT2D eigenvalue weighted by Crippen LogP contribution is -2.30. The number of carbonyl (C=O) groups excluding carboxylic acids is 1. The largest absolute Gasteiger partial charge is 0.491 e. The van der Waals surface area contributed by atoms with Crippen molar-refractivity contribution >= 4 is 17.3 Å². The zero-order valence-electron chi connectivity index (χ0n) is 19.8. The molecule has 1 aromatic heterocycles. The minimum absolute atomic E-state index is 0.0107. The Kier molecular flexibility index (Phi) is 7.63. The SMILES string of the molecule is CCn1nc(C)c(C)c1/C(OC(C)OC(=O)C(F)(F)F)=C(\C#N)c1ccc(C(C)(C)C)cc1. The number of aromatic nitrogens is 2. The second kappa shape index (κ2) is 9.69. The molecule has 2 rings (SSSR count). The molecule has 1 atom stereocenters. The summed E-state index contributed by atoms with van der Waals surface area (Å²) in [7, 11) is 0. The van der Waals surface area contributed by atoms with Crippen molar-refractivity contribution in [1.29, 1.82) is 5.26 Å². The number of rotatable bonds is 6. The average Bonchev–Trinajstić information content (AvgIpc) is 3.00. The fourth-order valence-electron chi connectivity index (χ4n) is 3.21. The van der Waals surface area contributed by atoms with Gasteiger partial charge in [-0.25, -0.2) is 4.79 Å². The standard InChI is InChI=1S/C24H28F3N3O3/c1-8-30-20(14(2)15(3)29-30)21(32-16(4)33-22(31)24(25,26)27)19(13-28)17-9-11-18(12-10-17)23(5,6)7/h9-12,16H,8H2,1-7H3/b21-19-. The van der Waals surface area contributed by atoms with Crippen molar-refractivity contribution in [3.8, 4) is 6.07 Å². The van der Waals surface area contributed by atoms with Crippen molar-refractivity contribution in [3.05, 3.63) is 52.3 Å². The molecular formula is C24H28F3N3O3. The van der Waals surface area contributed by atoms with E-state index >= 15 is 0 Å². The van der Waals surface area contributed by atoms with Crippen molar-refractivity contribution in [2.75, 3.05) is 0 Å². The van der Waals surface area contributed by atoms with Crippen molar-refractivity contribution in [1.82, 2.24) is 9.78 Å². The first kappa shape index (κ1) is 26.0. The Balaban J connectivity index is 2.66. The monoisotopic (exact) mass is 463 g/mol. The molecule has 0 bridgehead atoms. The number of aryl methyl sites for hydroxylation is 2. The summed E-state index contributed by atoms with van der Waals surface area (Å²) in [6.45, 7) is 13.1. The van der Waals surface area contributed by atoms with Crippen LogP contribution in [0.2, 0.25) is 0 Å². The molecule has 2 aromatic rings. The topological polar surface area (TPSA) is 77.1 Å². The lowest BCUT2D eigenvalue weighted by molar-refractivity contribution is -0.216. The number of allylic oxidation sites excluding steroid dienone is 1. The molecule has 0 aliphatic heterocycles. The quantitative estimate of drug-likeness (QED) is 0.239. The second-order valence-electron chi connectivity index (χ2n) is 8.61. The van der Waals surface area contributed by atoms with E-state index in [0.717, 1.165) is 12.5 Å². The molecular weight excluding hydrogens is 435 g/mol.